The predicted molar refractivity (Wildman–Crippen MR) is 162 cm³/mol. The Hall–Kier alpha value is -4.02. The van der Waals surface area contributed by atoms with Gasteiger partial charge in [-0.1, -0.05) is 42.0 Å². The van der Waals surface area contributed by atoms with E-state index in [1.807, 2.05) is 53.3 Å². The zero-order chi connectivity index (χ0) is 29.8. The quantitative estimate of drug-likeness (QED) is 0.293. The third-order valence-electron chi connectivity index (χ3n) is 9.37. The molecule has 43 heavy (non-hydrogen) atoms. The molecule has 1 aromatic carbocycles. The minimum atomic E-state index is -0.587. The highest BCUT2D eigenvalue weighted by Gasteiger charge is 2.61. The number of ether oxygens (including phenoxy) is 1. The van der Waals surface area contributed by atoms with E-state index in [4.69, 9.17) is 4.74 Å². The Kier molecular flexibility index (Phi) is 7.05. The number of phenols is 1. The zero-order valence-electron chi connectivity index (χ0n) is 23.4. The average molecular weight is 615 g/mol. The molecule has 1 saturated carbocycles. The van der Waals surface area contributed by atoms with Gasteiger partial charge in [0.05, 0.1) is 43.9 Å². The number of allylic oxidation sites excluding steroid dienone is 3. The number of carbonyl (C=O) groups excluding carboxylic acids is 4. The van der Waals surface area contributed by atoms with Crippen LogP contribution in [0.3, 0.4) is 0 Å². The molecule has 6 atom stereocenters. The Labute approximate surface area is 256 Å². The van der Waals surface area contributed by atoms with Crippen molar-refractivity contribution in [3.63, 3.8) is 0 Å². The first-order chi connectivity index (χ1) is 20.9. The summed E-state index contributed by atoms with van der Waals surface area (Å²) < 4.78 is 5.27. The Balaban J connectivity index is 1.25. The van der Waals surface area contributed by atoms with Crippen LogP contribution < -0.4 is 4.74 Å². The summed E-state index contributed by atoms with van der Waals surface area (Å²) in [5.74, 6) is -3.29. The maximum atomic E-state index is 14.0. The number of imide groups is 2. The van der Waals surface area contributed by atoms with E-state index in [1.54, 1.807) is 18.2 Å². The van der Waals surface area contributed by atoms with Crippen molar-refractivity contribution in [1.82, 2.24) is 9.80 Å². The van der Waals surface area contributed by atoms with Crippen molar-refractivity contribution in [2.75, 3.05) is 7.11 Å². The standard InChI is InChI=1S/C33H30N2O6S2/c1-41-27-14-18(7-11-26(27)36)6-8-22-21-9-10-23-29(33(40)34(30(23)37)16-19-4-2-12-42-19)24(21)15-25-28(22)32(39)35(31(25)38)17-20-5-3-13-43-20/h2-9,11-14,22-25,28-29,36H,10,15-17H2,1H3. The number of amides is 4. The summed E-state index contributed by atoms with van der Waals surface area (Å²) >= 11 is 3.02. The number of carbonyl (C=O) groups is 4. The molecule has 2 aliphatic heterocycles. The third kappa shape index (κ3) is 4.64. The Morgan fingerprint density at radius 3 is 2.14 bits per heavy atom. The number of fused-ring (bicyclic) bond motifs is 4. The first-order valence-corrected chi connectivity index (χ1v) is 16.1. The second kappa shape index (κ2) is 10.9. The molecule has 0 radical (unpaired) electrons. The lowest BCUT2D eigenvalue weighted by Gasteiger charge is -2.42. The minimum absolute atomic E-state index is 0.0239. The van der Waals surface area contributed by atoms with Crippen LogP contribution in [0, 0.1) is 35.5 Å². The van der Waals surface area contributed by atoms with E-state index in [1.165, 1.54) is 39.6 Å². The van der Waals surface area contributed by atoms with Gasteiger partial charge in [-0.05, 0) is 59.3 Å². The van der Waals surface area contributed by atoms with Crippen molar-refractivity contribution in [3.05, 3.63) is 86.3 Å². The molecule has 0 spiro atoms. The van der Waals surface area contributed by atoms with Crippen LogP contribution in [-0.2, 0) is 32.3 Å². The lowest BCUT2D eigenvalue weighted by atomic mass is 9.58. The summed E-state index contributed by atoms with van der Waals surface area (Å²) in [6, 6.07) is 12.7. The molecular weight excluding hydrogens is 585 g/mol. The SMILES string of the molecule is COc1cc(C=CC2C3=CCC4C(=O)N(Cc5cccs5)C(=O)C4C3CC3C(=O)N(Cc4cccs4)C(=O)C23)ccc1O. The smallest absolute Gasteiger partial charge is 0.234 e. The van der Waals surface area contributed by atoms with Crippen molar-refractivity contribution in [2.24, 2.45) is 35.5 Å². The van der Waals surface area contributed by atoms with Crippen LogP contribution >= 0.6 is 22.7 Å². The fourth-order valence-electron chi connectivity index (χ4n) is 7.42. The first kappa shape index (κ1) is 27.8. The maximum Gasteiger partial charge on any atom is 0.234 e. The number of thiophene rings is 2. The van der Waals surface area contributed by atoms with Gasteiger partial charge in [0.25, 0.3) is 0 Å². The van der Waals surface area contributed by atoms with Crippen LogP contribution in [0.1, 0.15) is 28.2 Å². The Bertz CT molecular complexity index is 1660. The molecular formula is C33H30N2O6S2. The molecule has 3 aromatic rings. The number of rotatable bonds is 7. The molecule has 10 heteroatoms. The van der Waals surface area contributed by atoms with Crippen LogP contribution in [0.5, 0.6) is 11.5 Å². The molecule has 8 nitrogen and oxygen atoms in total. The van der Waals surface area contributed by atoms with Gasteiger partial charge >= 0.3 is 0 Å². The molecule has 4 aliphatic rings. The topological polar surface area (TPSA) is 104 Å². The van der Waals surface area contributed by atoms with Gasteiger partial charge in [0.1, 0.15) is 0 Å². The number of nitrogens with zero attached hydrogens (tertiary/aromatic N) is 2. The summed E-state index contributed by atoms with van der Waals surface area (Å²) in [4.78, 5) is 59.9. The summed E-state index contributed by atoms with van der Waals surface area (Å²) in [7, 11) is 1.48. The van der Waals surface area contributed by atoms with Crippen molar-refractivity contribution in [2.45, 2.75) is 25.9 Å². The predicted octanol–water partition coefficient (Wildman–Crippen LogP) is 5.11. The fraction of sp³-hybridized carbons (Fsp3) is 0.333. The molecule has 2 saturated heterocycles. The number of benzene rings is 1. The number of phenolic OH excluding ortho intramolecular Hbond substituents is 1. The largest absolute Gasteiger partial charge is 0.504 e. The van der Waals surface area contributed by atoms with Crippen LogP contribution in [0.2, 0.25) is 0 Å². The second-order valence-electron chi connectivity index (χ2n) is 11.5. The number of aromatic hydroxyl groups is 1. The Morgan fingerprint density at radius 2 is 1.51 bits per heavy atom. The molecule has 4 amide bonds. The molecule has 0 bridgehead atoms. The summed E-state index contributed by atoms with van der Waals surface area (Å²) in [6.45, 7) is 0.490. The summed E-state index contributed by atoms with van der Waals surface area (Å²) in [5.41, 5.74) is 1.73. The normalized spacial score (nSPS) is 28.3. The van der Waals surface area contributed by atoms with Crippen molar-refractivity contribution in [3.8, 4) is 11.5 Å². The van der Waals surface area contributed by atoms with E-state index in [-0.39, 0.29) is 48.4 Å². The van der Waals surface area contributed by atoms with Gasteiger partial charge in [-0.2, -0.15) is 0 Å². The van der Waals surface area contributed by atoms with Crippen molar-refractivity contribution >= 4 is 52.4 Å². The van der Waals surface area contributed by atoms with E-state index in [9.17, 15) is 24.3 Å². The maximum absolute atomic E-state index is 14.0. The fourth-order valence-corrected chi connectivity index (χ4v) is 8.81. The molecule has 4 heterocycles. The molecule has 220 valence electrons. The number of methoxy groups -OCH3 is 1. The number of hydrogen-bond donors (Lipinski definition) is 1. The van der Waals surface area contributed by atoms with E-state index in [0.717, 1.165) is 20.9 Å². The van der Waals surface area contributed by atoms with Crippen molar-refractivity contribution in [1.29, 1.82) is 0 Å². The Morgan fingerprint density at radius 1 is 0.860 bits per heavy atom. The summed E-state index contributed by atoms with van der Waals surface area (Å²) in [5, 5.41) is 13.9. The van der Waals surface area contributed by atoms with Crippen LogP contribution in [0.25, 0.3) is 6.08 Å². The number of likely N-dealkylation sites (tertiary alicyclic amines) is 2. The van der Waals surface area contributed by atoms with Gasteiger partial charge in [0.2, 0.25) is 23.6 Å². The van der Waals surface area contributed by atoms with E-state index < -0.39 is 29.6 Å². The average Bonchev–Trinajstić information content (AvgIpc) is 3.81. The van der Waals surface area contributed by atoms with E-state index >= 15 is 0 Å². The van der Waals surface area contributed by atoms with E-state index in [0.29, 0.717) is 18.6 Å². The van der Waals surface area contributed by atoms with Crippen LogP contribution in [0.15, 0.2) is 70.9 Å². The third-order valence-corrected chi connectivity index (χ3v) is 11.1. The second-order valence-corrected chi connectivity index (χ2v) is 13.6. The number of hydrogen-bond acceptors (Lipinski definition) is 8. The minimum Gasteiger partial charge on any atom is -0.504 e. The molecule has 2 aliphatic carbocycles. The highest BCUT2D eigenvalue weighted by molar-refractivity contribution is 7.10. The lowest BCUT2D eigenvalue weighted by molar-refractivity contribution is -0.142. The molecule has 6 unspecified atom stereocenters. The van der Waals surface area contributed by atoms with Gasteiger partial charge < -0.3 is 9.84 Å². The van der Waals surface area contributed by atoms with Gasteiger partial charge in [-0.15, -0.1) is 22.7 Å². The van der Waals surface area contributed by atoms with Crippen LogP contribution in [0.4, 0.5) is 0 Å². The zero-order valence-corrected chi connectivity index (χ0v) is 25.1. The summed E-state index contributed by atoms with van der Waals surface area (Å²) in [6.07, 6.45) is 6.67. The van der Waals surface area contributed by atoms with Gasteiger partial charge in [-0.25, -0.2) is 0 Å². The molecule has 3 fully saturated rings. The highest BCUT2D eigenvalue weighted by atomic mass is 32.1. The highest BCUT2D eigenvalue weighted by Crippen LogP contribution is 2.55. The monoisotopic (exact) mass is 614 g/mol. The van der Waals surface area contributed by atoms with Gasteiger partial charge in [0, 0.05) is 15.7 Å². The molecule has 7 rings (SSSR count). The first-order valence-electron chi connectivity index (χ1n) is 14.4. The van der Waals surface area contributed by atoms with E-state index in [2.05, 4.69) is 0 Å². The molecule has 2 aromatic heterocycles. The van der Waals surface area contributed by atoms with Crippen molar-refractivity contribution < 1.29 is 29.0 Å². The molecule has 1 N–H and O–H groups in total. The van der Waals surface area contributed by atoms with Crippen LogP contribution in [-0.4, -0.2) is 45.6 Å². The van der Waals surface area contributed by atoms with Gasteiger partial charge in [0.15, 0.2) is 11.5 Å². The van der Waals surface area contributed by atoms with Gasteiger partial charge in [-0.3, -0.25) is 29.0 Å². The lowest BCUT2D eigenvalue weighted by Crippen LogP contribution is -2.43.